The second-order valence-electron chi connectivity index (χ2n) is 5.99. The summed E-state index contributed by atoms with van der Waals surface area (Å²) < 4.78 is 10.2. The topological polar surface area (TPSA) is 90.2 Å². The van der Waals surface area contributed by atoms with Crippen LogP contribution in [0.3, 0.4) is 0 Å². The zero-order chi connectivity index (χ0) is 19.5. The zero-order valence-corrected chi connectivity index (χ0v) is 15.8. The number of hydrogen-bond donors (Lipinski definition) is 2. The van der Waals surface area contributed by atoms with E-state index >= 15 is 0 Å². The number of fused-ring (bicyclic) bond motifs is 1. The van der Waals surface area contributed by atoms with Gasteiger partial charge in [0.25, 0.3) is 0 Å². The number of carbonyl (C=O) groups excluding carboxylic acids is 1. The Balaban J connectivity index is 1.55. The number of aromatic amines is 1. The molecule has 0 unspecified atom stereocenters. The molecule has 28 heavy (non-hydrogen) atoms. The van der Waals surface area contributed by atoms with Crippen LogP contribution in [0.25, 0.3) is 22.4 Å². The molecule has 0 fully saturated rings. The molecule has 0 aliphatic rings. The fourth-order valence-corrected chi connectivity index (χ4v) is 3.65. The Labute approximate surface area is 165 Å². The number of benzene rings is 3. The molecule has 0 spiro atoms. The van der Waals surface area contributed by atoms with Gasteiger partial charge >= 0.3 is 6.09 Å². The van der Waals surface area contributed by atoms with Crippen LogP contribution in [0.1, 0.15) is 0 Å². The summed E-state index contributed by atoms with van der Waals surface area (Å²) in [5.74, 6) is 1.95. The summed E-state index contributed by atoms with van der Waals surface area (Å²) in [6.45, 7) is 0. The first-order chi connectivity index (χ1) is 13.6. The van der Waals surface area contributed by atoms with Gasteiger partial charge in [-0.3, -0.25) is 0 Å². The molecule has 7 heteroatoms. The fraction of sp³-hybridized carbons (Fsp3) is 0.0476. The minimum absolute atomic E-state index is 0.375. The van der Waals surface area contributed by atoms with Crippen LogP contribution in [-0.4, -0.2) is 23.2 Å². The third-order valence-corrected chi connectivity index (χ3v) is 5.07. The highest BCUT2D eigenvalue weighted by Gasteiger charge is 2.08. The Hall–Kier alpha value is -3.45. The van der Waals surface area contributed by atoms with Crippen molar-refractivity contribution in [2.75, 3.05) is 7.11 Å². The highest BCUT2D eigenvalue weighted by atomic mass is 32.2. The maximum Gasteiger partial charge on any atom is 0.409 e. The molecule has 6 nitrogen and oxygen atoms in total. The van der Waals surface area contributed by atoms with E-state index in [1.54, 1.807) is 37.1 Å². The van der Waals surface area contributed by atoms with Crippen LogP contribution in [0.2, 0.25) is 0 Å². The predicted octanol–water partition coefficient (Wildman–Crippen LogP) is 4.85. The second kappa shape index (κ2) is 7.66. The monoisotopic (exact) mass is 391 g/mol. The normalized spacial score (nSPS) is 10.8. The number of amides is 1. The van der Waals surface area contributed by atoms with Crippen LogP contribution < -0.4 is 15.2 Å². The van der Waals surface area contributed by atoms with Crippen LogP contribution in [-0.2, 0) is 0 Å². The lowest BCUT2D eigenvalue weighted by Gasteiger charge is -2.05. The Kier molecular flexibility index (Phi) is 4.90. The number of methoxy groups -OCH3 is 1. The Bertz CT molecular complexity index is 1140. The van der Waals surface area contributed by atoms with E-state index in [9.17, 15) is 4.79 Å². The first-order valence-electron chi connectivity index (χ1n) is 8.50. The lowest BCUT2D eigenvalue weighted by Crippen LogP contribution is -2.16. The number of aromatic nitrogens is 2. The fourth-order valence-electron chi connectivity index (χ4n) is 2.79. The van der Waals surface area contributed by atoms with Gasteiger partial charge in [-0.2, -0.15) is 0 Å². The number of imidazole rings is 1. The zero-order valence-electron chi connectivity index (χ0n) is 15.0. The smallest absolute Gasteiger partial charge is 0.409 e. The molecule has 0 saturated heterocycles. The van der Waals surface area contributed by atoms with Gasteiger partial charge in [0.1, 0.15) is 17.3 Å². The van der Waals surface area contributed by atoms with Gasteiger partial charge in [-0.15, -0.1) is 0 Å². The average molecular weight is 391 g/mol. The lowest BCUT2D eigenvalue weighted by atomic mass is 10.2. The molecule has 0 aliphatic heterocycles. The summed E-state index contributed by atoms with van der Waals surface area (Å²) in [4.78, 5) is 21.0. The minimum Gasteiger partial charge on any atom is -0.497 e. The highest BCUT2D eigenvalue weighted by molar-refractivity contribution is 7.99. The predicted molar refractivity (Wildman–Crippen MR) is 109 cm³/mol. The quantitative estimate of drug-likeness (QED) is 0.508. The van der Waals surface area contributed by atoms with Crippen LogP contribution in [0, 0.1) is 0 Å². The van der Waals surface area contributed by atoms with Gasteiger partial charge < -0.3 is 20.2 Å². The van der Waals surface area contributed by atoms with Gasteiger partial charge in [0.2, 0.25) is 0 Å². The lowest BCUT2D eigenvalue weighted by molar-refractivity contribution is 0.211. The van der Waals surface area contributed by atoms with Gasteiger partial charge in [0.05, 0.1) is 18.1 Å². The molecule has 4 rings (SSSR count). The third-order valence-electron chi connectivity index (χ3n) is 4.08. The molecular formula is C21H17N3O3S. The largest absolute Gasteiger partial charge is 0.497 e. The molecule has 4 aromatic rings. The molecule has 0 saturated carbocycles. The minimum atomic E-state index is -0.844. The molecule has 1 heterocycles. The van der Waals surface area contributed by atoms with Crippen molar-refractivity contribution in [2.24, 2.45) is 5.73 Å². The van der Waals surface area contributed by atoms with Gasteiger partial charge in [0.15, 0.2) is 0 Å². The van der Waals surface area contributed by atoms with Crippen LogP contribution in [0.15, 0.2) is 76.5 Å². The summed E-state index contributed by atoms with van der Waals surface area (Å²) in [7, 11) is 1.66. The van der Waals surface area contributed by atoms with E-state index in [0.29, 0.717) is 5.75 Å². The van der Waals surface area contributed by atoms with E-state index in [1.807, 2.05) is 48.5 Å². The van der Waals surface area contributed by atoms with Crippen molar-refractivity contribution in [3.05, 3.63) is 66.7 Å². The average Bonchev–Trinajstić information content (AvgIpc) is 3.11. The van der Waals surface area contributed by atoms with Gasteiger partial charge in [-0.05, 0) is 42.5 Å². The van der Waals surface area contributed by atoms with Crippen molar-refractivity contribution in [1.82, 2.24) is 9.97 Å². The number of primary amides is 1. The van der Waals surface area contributed by atoms with Crippen molar-refractivity contribution in [2.45, 2.75) is 9.79 Å². The number of H-pyrrole nitrogens is 1. The van der Waals surface area contributed by atoms with E-state index in [2.05, 4.69) is 9.97 Å². The summed E-state index contributed by atoms with van der Waals surface area (Å²) in [5.41, 5.74) is 7.56. The maximum absolute atomic E-state index is 10.9. The molecule has 0 aliphatic carbocycles. The molecular weight excluding hydrogens is 374 g/mol. The number of nitrogens with two attached hydrogens (primary N) is 1. The van der Waals surface area contributed by atoms with Crippen molar-refractivity contribution in [1.29, 1.82) is 0 Å². The maximum atomic E-state index is 10.9. The summed E-state index contributed by atoms with van der Waals surface area (Å²) in [6.07, 6.45) is -0.844. The first kappa shape index (κ1) is 17.9. The van der Waals surface area contributed by atoms with Crippen molar-refractivity contribution < 1.29 is 14.3 Å². The standard InChI is InChI=1S/C21H17N3O3S/c1-26-14-3-2-4-17(11-14)28-16-8-5-13(6-9-16)20-23-18-10-7-15(27-21(22)25)12-19(18)24-20/h2-12H,1H3,(H2,22,25)(H,23,24). The highest BCUT2D eigenvalue weighted by Crippen LogP contribution is 2.31. The summed E-state index contributed by atoms with van der Waals surface area (Å²) in [5, 5.41) is 0. The number of carbonyl (C=O) groups is 1. The van der Waals surface area contributed by atoms with Crippen molar-refractivity contribution in [3.63, 3.8) is 0 Å². The molecule has 0 atom stereocenters. The number of ether oxygens (including phenoxy) is 2. The molecule has 3 aromatic carbocycles. The summed E-state index contributed by atoms with van der Waals surface area (Å²) >= 11 is 1.66. The van der Waals surface area contributed by atoms with Crippen LogP contribution in [0.4, 0.5) is 4.79 Å². The number of nitrogens with one attached hydrogen (secondary N) is 1. The third kappa shape index (κ3) is 3.94. The van der Waals surface area contributed by atoms with Crippen molar-refractivity contribution >= 4 is 28.9 Å². The number of nitrogens with zero attached hydrogens (tertiary/aromatic N) is 1. The number of hydrogen-bond acceptors (Lipinski definition) is 5. The molecule has 1 amide bonds. The Morgan fingerprint density at radius 3 is 2.57 bits per heavy atom. The molecule has 0 bridgehead atoms. The van der Waals surface area contributed by atoms with Crippen molar-refractivity contribution in [3.8, 4) is 22.9 Å². The second-order valence-corrected chi connectivity index (χ2v) is 7.14. The van der Waals surface area contributed by atoms with Crippen LogP contribution in [0.5, 0.6) is 11.5 Å². The van der Waals surface area contributed by atoms with E-state index in [4.69, 9.17) is 15.2 Å². The molecule has 140 valence electrons. The van der Waals surface area contributed by atoms with Gasteiger partial charge in [-0.1, -0.05) is 30.0 Å². The van der Waals surface area contributed by atoms with Gasteiger partial charge in [-0.25, -0.2) is 9.78 Å². The molecule has 0 radical (unpaired) electrons. The Morgan fingerprint density at radius 1 is 1.00 bits per heavy atom. The number of rotatable bonds is 5. The van der Waals surface area contributed by atoms with Crippen LogP contribution >= 0.6 is 11.8 Å². The first-order valence-corrected chi connectivity index (χ1v) is 9.32. The van der Waals surface area contributed by atoms with E-state index in [-0.39, 0.29) is 0 Å². The van der Waals surface area contributed by atoms with Gasteiger partial charge in [0, 0.05) is 21.4 Å². The summed E-state index contributed by atoms with van der Waals surface area (Å²) in [6, 6.07) is 21.2. The van der Waals surface area contributed by atoms with E-state index in [0.717, 1.165) is 38.0 Å². The molecule has 3 N–H and O–H groups in total. The van der Waals surface area contributed by atoms with E-state index < -0.39 is 6.09 Å². The SMILES string of the molecule is COc1cccc(Sc2ccc(-c3nc4ccc(OC(N)=O)cc4[nH]3)cc2)c1. The Morgan fingerprint density at radius 2 is 1.82 bits per heavy atom. The van der Waals surface area contributed by atoms with E-state index in [1.165, 1.54) is 0 Å². The molecule has 1 aromatic heterocycles.